The van der Waals surface area contributed by atoms with Crippen molar-refractivity contribution in [2.24, 2.45) is 0 Å². The molecule has 0 unspecified atom stereocenters. The largest absolute Gasteiger partial charge is 0.439 e. The maximum Gasteiger partial charge on any atom is 0.434 e. The van der Waals surface area contributed by atoms with Crippen molar-refractivity contribution >= 4 is 24.7 Å². The number of aromatic nitrogens is 2. The summed E-state index contributed by atoms with van der Waals surface area (Å²) >= 11 is 0. The monoisotopic (exact) mass is 464 g/mol. The highest BCUT2D eigenvalue weighted by Crippen LogP contribution is 2.37. The molecule has 2 rings (SSSR count). The highest BCUT2D eigenvalue weighted by Gasteiger charge is 2.60. The summed E-state index contributed by atoms with van der Waals surface area (Å²) in [7, 11) is -3.04. The van der Waals surface area contributed by atoms with Crippen molar-refractivity contribution in [3.05, 3.63) is 48.3 Å². The minimum absolute atomic E-state index is 0.134. The third-order valence-electron chi connectivity index (χ3n) is 5.17. The van der Waals surface area contributed by atoms with Crippen LogP contribution in [0.3, 0.4) is 0 Å². The molecule has 31 heavy (non-hydrogen) atoms. The van der Waals surface area contributed by atoms with Gasteiger partial charge in [0.25, 0.3) is 6.10 Å². The average Bonchev–Trinajstić information content (AvgIpc) is 2.65. The van der Waals surface area contributed by atoms with E-state index in [9.17, 15) is 31.1 Å². The number of halogens is 6. The minimum atomic E-state index is -5.80. The maximum atomic E-state index is 12.9. The zero-order valence-corrected chi connectivity index (χ0v) is 18.3. The molecule has 1 aromatic carbocycles. The van der Waals surface area contributed by atoms with Crippen LogP contribution in [-0.2, 0) is 4.74 Å². The fourth-order valence-electron chi connectivity index (χ4n) is 3.95. The first kappa shape index (κ1) is 24.8. The molecule has 0 saturated carbocycles. The summed E-state index contributed by atoms with van der Waals surface area (Å²) in [5.74, 6) is -1.69. The van der Waals surface area contributed by atoms with Crippen LogP contribution in [-0.4, -0.2) is 42.5 Å². The van der Waals surface area contributed by atoms with E-state index in [4.69, 9.17) is 0 Å². The molecule has 1 aromatic heterocycles. The third-order valence-corrected chi connectivity index (χ3v) is 11.1. The first-order valence-corrected chi connectivity index (χ1v) is 11.6. The molecule has 0 fully saturated rings. The normalized spacial score (nSPS) is 13.2. The van der Waals surface area contributed by atoms with Crippen LogP contribution in [0.1, 0.15) is 38.1 Å². The van der Waals surface area contributed by atoms with Crippen molar-refractivity contribution < 1.29 is 35.9 Å². The second kappa shape index (κ2) is 8.97. The Morgan fingerprint density at radius 3 is 1.81 bits per heavy atom. The van der Waals surface area contributed by atoms with E-state index >= 15 is 0 Å². The lowest BCUT2D eigenvalue weighted by Crippen LogP contribution is -2.66. The van der Waals surface area contributed by atoms with Crippen molar-refractivity contribution in [3.63, 3.8) is 0 Å². The van der Waals surface area contributed by atoms with Gasteiger partial charge in [-0.25, -0.2) is 14.8 Å². The van der Waals surface area contributed by atoms with Crippen LogP contribution in [0.25, 0.3) is 0 Å². The summed E-state index contributed by atoms with van der Waals surface area (Å²) in [6.45, 7) is 7.50. The summed E-state index contributed by atoms with van der Waals surface area (Å²) in [6.07, 6.45) is -12.8. The fraction of sp³-hybridized carbons (Fsp3) is 0.450. The number of alkyl halides is 6. The molecular formula is C20H22F6N2O2Si. The lowest BCUT2D eigenvalue weighted by atomic mass is 10.2. The van der Waals surface area contributed by atoms with E-state index in [1.165, 1.54) is 30.6 Å². The zero-order valence-electron chi connectivity index (χ0n) is 17.3. The van der Waals surface area contributed by atoms with E-state index in [2.05, 4.69) is 14.7 Å². The van der Waals surface area contributed by atoms with Gasteiger partial charge in [0.2, 0.25) is 0 Å². The Balaban J connectivity index is 2.68. The van der Waals surface area contributed by atoms with Gasteiger partial charge >= 0.3 is 18.3 Å². The number of nitrogens with zero attached hydrogens (tertiary/aromatic N) is 2. The molecule has 0 radical (unpaired) electrons. The van der Waals surface area contributed by atoms with Gasteiger partial charge < -0.3 is 4.74 Å². The maximum absolute atomic E-state index is 12.9. The number of carbonyl (C=O) groups excluding carboxylic acids is 1. The van der Waals surface area contributed by atoms with E-state index in [0.717, 1.165) is 0 Å². The van der Waals surface area contributed by atoms with E-state index in [-0.39, 0.29) is 16.6 Å². The van der Waals surface area contributed by atoms with Gasteiger partial charge in [-0.1, -0.05) is 45.9 Å². The molecular weight excluding hydrogens is 442 g/mol. The molecule has 1 heterocycles. The Hall–Kier alpha value is -2.43. The molecule has 11 heteroatoms. The third kappa shape index (κ3) is 4.91. The SMILES string of the molecule is CC(C)[Si](c1ncccn1)(c1ccccc1C(=O)OC(C(F)(F)F)C(F)(F)F)C(C)C. The topological polar surface area (TPSA) is 52.1 Å². The minimum Gasteiger partial charge on any atom is -0.439 e. The van der Waals surface area contributed by atoms with Crippen LogP contribution in [0, 0.1) is 0 Å². The van der Waals surface area contributed by atoms with Crippen LogP contribution in [0.4, 0.5) is 26.3 Å². The van der Waals surface area contributed by atoms with Gasteiger partial charge in [0, 0.05) is 12.4 Å². The van der Waals surface area contributed by atoms with Crippen LogP contribution in [0.2, 0.25) is 11.1 Å². The van der Waals surface area contributed by atoms with Crippen LogP contribution < -0.4 is 10.6 Å². The van der Waals surface area contributed by atoms with Gasteiger partial charge in [-0.05, 0) is 28.4 Å². The number of benzene rings is 1. The van der Waals surface area contributed by atoms with Gasteiger partial charge in [0.1, 0.15) is 5.45 Å². The predicted octanol–water partition coefficient (Wildman–Crippen LogP) is 4.51. The second-order valence-corrected chi connectivity index (χ2v) is 12.7. The Morgan fingerprint density at radius 1 is 0.871 bits per heavy atom. The summed E-state index contributed by atoms with van der Waals surface area (Å²) in [5.41, 5.74) is -0.180. The number of hydrogen-bond donors (Lipinski definition) is 0. The quantitative estimate of drug-likeness (QED) is 0.359. The van der Waals surface area contributed by atoms with E-state index in [1.54, 1.807) is 12.1 Å². The number of esters is 1. The van der Waals surface area contributed by atoms with Gasteiger partial charge in [-0.3, -0.25) is 0 Å². The fourth-order valence-corrected chi connectivity index (χ4v) is 9.38. The number of rotatable bonds is 6. The lowest BCUT2D eigenvalue weighted by molar-refractivity contribution is -0.307. The zero-order chi connectivity index (χ0) is 23.6. The molecule has 2 aromatic rings. The van der Waals surface area contributed by atoms with Crippen molar-refractivity contribution in [2.45, 2.75) is 57.2 Å². The Bertz CT molecular complexity index is 879. The van der Waals surface area contributed by atoms with E-state index in [0.29, 0.717) is 10.6 Å². The molecule has 0 bridgehead atoms. The summed E-state index contributed by atoms with van der Waals surface area (Å²) in [4.78, 5) is 21.3. The molecule has 0 amide bonds. The van der Waals surface area contributed by atoms with Gasteiger partial charge in [-0.15, -0.1) is 0 Å². The smallest absolute Gasteiger partial charge is 0.434 e. The molecule has 170 valence electrons. The molecule has 0 aliphatic heterocycles. The highest BCUT2D eigenvalue weighted by molar-refractivity contribution is 7.03. The van der Waals surface area contributed by atoms with Crippen LogP contribution in [0.15, 0.2) is 42.7 Å². The van der Waals surface area contributed by atoms with Crippen molar-refractivity contribution in [3.8, 4) is 0 Å². The highest BCUT2D eigenvalue weighted by atomic mass is 28.3. The number of hydrogen-bond acceptors (Lipinski definition) is 4. The molecule has 0 N–H and O–H groups in total. The van der Waals surface area contributed by atoms with Crippen molar-refractivity contribution in [1.82, 2.24) is 9.97 Å². The van der Waals surface area contributed by atoms with Crippen LogP contribution >= 0.6 is 0 Å². The molecule has 4 nitrogen and oxygen atoms in total. The first-order valence-electron chi connectivity index (χ1n) is 9.45. The van der Waals surface area contributed by atoms with E-state index in [1.807, 2.05) is 27.7 Å². The Kier molecular flexibility index (Phi) is 7.19. The molecule has 0 saturated heterocycles. The summed E-state index contributed by atoms with van der Waals surface area (Å²) < 4.78 is 81.6. The standard InChI is InChI=1S/C20H22F6N2O2Si/c1-12(2)31(13(3)4,18-27-10-7-11-28-18)15-9-6-5-8-14(15)16(29)30-17(19(21,22)23)20(24,25)26/h5-13,17H,1-4H3. The predicted molar refractivity (Wildman–Crippen MR) is 105 cm³/mol. The van der Waals surface area contributed by atoms with Gasteiger partial charge in [-0.2, -0.15) is 26.3 Å². The Morgan fingerprint density at radius 2 is 1.35 bits per heavy atom. The van der Waals surface area contributed by atoms with E-state index < -0.39 is 32.5 Å². The van der Waals surface area contributed by atoms with Crippen LogP contribution in [0.5, 0.6) is 0 Å². The first-order chi connectivity index (χ1) is 14.2. The Labute approximate surface area is 176 Å². The number of ether oxygens (including phenoxy) is 1. The van der Waals surface area contributed by atoms with Gasteiger partial charge in [0.05, 0.1) is 5.56 Å². The molecule has 0 spiro atoms. The summed E-state index contributed by atoms with van der Waals surface area (Å²) in [5, 5.41) is 0.333. The lowest BCUT2D eigenvalue weighted by Gasteiger charge is -2.39. The van der Waals surface area contributed by atoms with Crippen molar-refractivity contribution in [1.29, 1.82) is 0 Å². The molecule has 0 aliphatic rings. The second-order valence-electron chi connectivity index (χ2n) is 7.66. The number of carbonyl (C=O) groups is 1. The van der Waals surface area contributed by atoms with Gasteiger partial charge in [0.15, 0.2) is 8.07 Å². The van der Waals surface area contributed by atoms with Crippen molar-refractivity contribution in [2.75, 3.05) is 0 Å². The average molecular weight is 464 g/mol. The summed E-state index contributed by atoms with van der Waals surface area (Å²) in [6, 6.07) is 7.25. The molecule has 0 atom stereocenters. The molecule has 0 aliphatic carbocycles.